The number of benzene rings is 1. The molecule has 1 aromatic rings. The number of carbonyl (C=O) groups excluding carboxylic acids is 1. The standard InChI is InChI=1S/C14H16FNO/c15-12-3-1-10(2-4-12)9-13-14(17)11-5-7-16(13)8-6-11/h1-4,11,13H,5-9H2. The third kappa shape index (κ3) is 2.00. The summed E-state index contributed by atoms with van der Waals surface area (Å²) in [5.74, 6) is 0.461. The van der Waals surface area contributed by atoms with Crippen LogP contribution in [-0.2, 0) is 11.2 Å². The van der Waals surface area contributed by atoms with Crippen LogP contribution in [0.15, 0.2) is 24.3 Å². The molecular weight excluding hydrogens is 217 g/mol. The number of fused-ring (bicyclic) bond motifs is 3. The molecule has 2 bridgehead atoms. The van der Waals surface area contributed by atoms with E-state index in [1.54, 1.807) is 12.1 Å². The minimum atomic E-state index is -0.217. The Hall–Kier alpha value is -1.22. The first-order chi connectivity index (χ1) is 8.24. The lowest BCUT2D eigenvalue weighted by atomic mass is 9.80. The first-order valence-electron chi connectivity index (χ1n) is 6.26. The monoisotopic (exact) mass is 233 g/mol. The van der Waals surface area contributed by atoms with Gasteiger partial charge in [0.1, 0.15) is 5.82 Å². The maximum Gasteiger partial charge on any atom is 0.153 e. The maximum atomic E-state index is 12.8. The molecule has 3 saturated heterocycles. The van der Waals surface area contributed by atoms with Gasteiger partial charge < -0.3 is 0 Å². The van der Waals surface area contributed by atoms with Crippen LogP contribution >= 0.6 is 0 Å². The summed E-state index contributed by atoms with van der Waals surface area (Å²) in [6, 6.07) is 6.54. The molecule has 0 aromatic heterocycles. The van der Waals surface area contributed by atoms with Crippen molar-refractivity contribution in [2.45, 2.75) is 25.3 Å². The molecule has 1 unspecified atom stereocenters. The number of piperidine rings is 3. The van der Waals surface area contributed by atoms with Gasteiger partial charge in [-0.05, 0) is 50.0 Å². The van der Waals surface area contributed by atoms with Crippen molar-refractivity contribution >= 4 is 5.78 Å². The molecule has 3 aliphatic heterocycles. The molecule has 0 N–H and O–H groups in total. The molecule has 4 rings (SSSR count). The van der Waals surface area contributed by atoms with Crippen LogP contribution in [0.4, 0.5) is 4.39 Å². The van der Waals surface area contributed by atoms with Gasteiger partial charge in [-0.25, -0.2) is 4.39 Å². The van der Waals surface area contributed by atoms with E-state index < -0.39 is 0 Å². The fourth-order valence-electron chi connectivity index (χ4n) is 3.02. The van der Waals surface area contributed by atoms with Gasteiger partial charge in [0.25, 0.3) is 0 Å². The predicted molar refractivity (Wildman–Crippen MR) is 63.2 cm³/mol. The van der Waals surface area contributed by atoms with Crippen molar-refractivity contribution in [3.8, 4) is 0 Å². The highest BCUT2D eigenvalue weighted by Crippen LogP contribution is 2.30. The molecule has 3 fully saturated rings. The normalized spacial score (nSPS) is 31.8. The average Bonchev–Trinajstić information content (AvgIpc) is 2.37. The fraction of sp³-hybridized carbons (Fsp3) is 0.500. The van der Waals surface area contributed by atoms with E-state index in [1.165, 1.54) is 12.1 Å². The second-order valence-corrected chi connectivity index (χ2v) is 5.06. The van der Waals surface area contributed by atoms with Gasteiger partial charge in [0.2, 0.25) is 0 Å². The van der Waals surface area contributed by atoms with Gasteiger partial charge in [0, 0.05) is 5.92 Å². The summed E-state index contributed by atoms with van der Waals surface area (Å²) in [4.78, 5) is 14.4. The summed E-state index contributed by atoms with van der Waals surface area (Å²) in [5.41, 5.74) is 1.05. The Morgan fingerprint density at radius 1 is 1.18 bits per heavy atom. The van der Waals surface area contributed by atoms with Crippen LogP contribution in [0.25, 0.3) is 0 Å². The van der Waals surface area contributed by atoms with Crippen LogP contribution in [-0.4, -0.2) is 29.8 Å². The van der Waals surface area contributed by atoms with Crippen LogP contribution < -0.4 is 0 Å². The van der Waals surface area contributed by atoms with E-state index in [-0.39, 0.29) is 17.8 Å². The topological polar surface area (TPSA) is 20.3 Å². The molecule has 0 spiro atoms. The Kier molecular flexibility index (Phi) is 2.71. The van der Waals surface area contributed by atoms with Gasteiger partial charge >= 0.3 is 0 Å². The Morgan fingerprint density at radius 2 is 1.82 bits per heavy atom. The zero-order valence-corrected chi connectivity index (χ0v) is 9.73. The van der Waals surface area contributed by atoms with Crippen LogP contribution in [0.2, 0.25) is 0 Å². The van der Waals surface area contributed by atoms with E-state index in [1.807, 2.05) is 0 Å². The lowest BCUT2D eigenvalue weighted by Gasteiger charge is -2.44. The maximum absolute atomic E-state index is 12.8. The number of ketones is 1. The minimum Gasteiger partial charge on any atom is -0.298 e. The number of Topliss-reactive ketones (excluding diaryl/α,β-unsaturated/α-hetero) is 1. The van der Waals surface area contributed by atoms with Gasteiger partial charge in [-0.2, -0.15) is 0 Å². The molecule has 17 heavy (non-hydrogen) atoms. The molecule has 90 valence electrons. The van der Waals surface area contributed by atoms with Crippen molar-refractivity contribution in [1.29, 1.82) is 0 Å². The molecule has 0 aliphatic carbocycles. The lowest BCUT2D eigenvalue weighted by molar-refractivity contribution is -0.136. The summed E-state index contributed by atoms with van der Waals surface area (Å²) in [6.07, 6.45) is 2.78. The second kappa shape index (κ2) is 4.22. The van der Waals surface area contributed by atoms with Crippen molar-refractivity contribution in [2.24, 2.45) is 5.92 Å². The molecule has 0 saturated carbocycles. The van der Waals surface area contributed by atoms with Gasteiger partial charge in [0.05, 0.1) is 6.04 Å². The van der Waals surface area contributed by atoms with E-state index in [0.29, 0.717) is 5.78 Å². The third-order valence-corrected chi connectivity index (χ3v) is 4.04. The number of rotatable bonds is 2. The third-order valence-electron chi connectivity index (χ3n) is 4.04. The Bertz CT molecular complexity index is 420. The zero-order chi connectivity index (χ0) is 11.8. The molecule has 0 radical (unpaired) electrons. The highest BCUT2D eigenvalue weighted by molar-refractivity contribution is 5.88. The first kappa shape index (κ1) is 10.9. The average molecular weight is 233 g/mol. The van der Waals surface area contributed by atoms with Gasteiger partial charge in [-0.1, -0.05) is 12.1 Å². The summed E-state index contributed by atoms with van der Waals surface area (Å²) in [5, 5.41) is 0. The quantitative estimate of drug-likeness (QED) is 0.779. The molecule has 3 aliphatic rings. The van der Waals surface area contributed by atoms with E-state index in [4.69, 9.17) is 0 Å². The number of hydrogen-bond donors (Lipinski definition) is 0. The largest absolute Gasteiger partial charge is 0.298 e. The van der Waals surface area contributed by atoms with Crippen LogP contribution in [0.5, 0.6) is 0 Å². The number of halogens is 1. The molecule has 0 amide bonds. The molecule has 1 atom stereocenters. The summed E-state index contributed by atoms with van der Waals surface area (Å²) in [7, 11) is 0. The Labute approximate surface area is 100 Å². The predicted octanol–water partition coefficient (Wildman–Crippen LogP) is 2.03. The molecule has 3 heterocycles. The Balaban J connectivity index is 1.76. The molecular formula is C14H16FNO. The smallest absolute Gasteiger partial charge is 0.153 e. The van der Waals surface area contributed by atoms with E-state index in [0.717, 1.165) is 37.9 Å². The minimum absolute atomic E-state index is 0.0351. The number of carbonyl (C=O) groups is 1. The van der Waals surface area contributed by atoms with Crippen molar-refractivity contribution in [3.63, 3.8) is 0 Å². The highest BCUT2D eigenvalue weighted by atomic mass is 19.1. The number of nitrogens with zero attached hydrogens (tertiary/aromatic N) is 1. The van der Waals surface area contributed by atoms with E-state index in [2.05, 4.69) is 4.90 Å². The van der Waals surface area contributed by atoms with E-state index >= 15 is 0 Å². The van der Waals surface area contributed by atoms with E-state index in [9.17, 15) is 9.18 Å². The summed E-state index contributed by atoms with van der Waals surface area (Å²) in [6.45, 7) is 2.09. The van der Waals surface area contributed by atoms with Crippen molar-refractivity contribution in [2.75, 3.05) is 13.1 Å². The SMILES string of the molecule is O=C1C2CCN(CC2)C1Cc1ccc(F)cc1. The van der Waals surface area contributed by atoms with Crippen molar-refractivity contribution in [3.05, 3.63) is 35.6 Å². The van der Waals surface area contributed by atoms with Crippen molar-refractivity contribution < 1.29 is 9.18 Å². The molecule has 2 nitrogen and oxygen atoms in total. The van der Waals surface area contributed by atoms with Gasteiger partial charge in [-0.3, -0.25) is 9.69 Å². The fourth-order valence-corrected chi connectivity index (χ4v) is 3.02. The van der Waals surface area contributed by atoms with Crippen molar-refractivity contribution in [1.82, 2.24) is 4.90 Å². The van der Waals surface area contributed by atoms with Crippen LogP contribution in [0.1, 0.15) is 18.4 Å². The summed E-state index contributed by atoms with van der Waals surface area (Å²) < 4.78 is 12.8. The molecule has 1 aromatic carbocycles. The highest BCUT2D eigenvalue weighted by Gasteiger charge is 2.40. The van der Waals surface area contributed by atoms with Gasteiger partial charge in [0.15, 0.2) is 5.78 Å². The van der Waals surface area contributed by atoms with Crippen LogP contribution in [0, 0.1) is 11.7 Å². The molecule has 3 heteroatoms. The first-order valence-corrected chi connectivity index (χ1v) is 6.26. The summed E-state index contributed by atoms with van der Waals surface area (Å²) >= 11 is 0. The van der Waals surface area contributed by atoms with Gasteiger partial charge in [-0.15, -0.1) is 0 Å². The number of hydrogen-bond acceptors (Lipinski definition) is 2. The Morgan fingerprint density at radius 3 is 2.41 bits per heavy atom. The zero-order valence-electron chi connectivity index (χ0n) is 9.73. The lowest BCUT2D eigenvalue weighted by Crippen LogP contribution is -2.56. The van der Waals surface area contributed by atoms with Crippen LogP contribution in [0.3, 0.4) is 0 Å². The second-order valence-electron chi connectivity index (χ2n) is 5.06.